The fraction of sp³-hybridized carbons (Fsp3) is 0.211. The maximum atomic E-state index is 5.37. The van der Waals surface area contributed by atoms with Crippen molar-refractivity contribution in [1.29, 1.82) is 0 Å². The molecule has 0 fully saturated rings. The van der Waals surface area contributed by atoms with Gasteiger partial charge < -0.3 is 20.1 Å². The number of hydrogen-bond acceptors (Lipinski definition) is 7. The Kier molecular flexibility index (Phi) is 5.17. The van der Waals surface area contributed by atoms with Crippen molar-refractivity contribution in [2.75, 3.05) is 24.9 Å². The van der Waals surface area contributed by atoms with Crippen LogP contribution in [0.5, 0.6) is 11.5 Å². The summed E-state index contributed by atoms with van der Waals surface area (Å²) in [5, 5.41) is 14.4. The van der Waals surface area contributed by atoms with E-state index in [0.29, 0.717) is 23.3 Å². The normalized spacial score (nSPS) is 10.3. The van der Waals surface area contributed by atoms with Gasteiger partial charge in [0.2, 0.25) is 5.95 Å². The van der Waals surface area contributed by atoms with E-state index in [1.807, 2.05) is 44.2 Å². The largest absolute Gasteiger partial charge is 0.497 e. The second-order valence-electron chi connectivity index (χ2n) is 5.86. The van der Waals surface area contributed by atoms with Gasteiger partial charge in [0.25, 0.3) is 0 Å². The average Bonchev–Trinajstić information content (AvgIpc) is 2.61. The van der Waals surface area contributed by atoms with Gasteiger partial charge in [-0.3, -0.25) is 0 Å². The lowest BCUT2D eigenvalue weighted by Crippen LogP contribution is -2.03. The minimum absolute atomic E-state index is 0.405. The number of anilines is 4. The highest BCUT2D eigenvalue weighted by Gasteiger charge is 2.08. The van der Waals surface area contributed by atoms with Crippen LogP contribution in [0.1, 0.15) is 11.1 Å². The Labute approximate surface area is 152 Å². The Morgan fingerprint density at radius 1 is 0.885 bits per heavy atom. The first-order valence-electron chi connectivity index (χ1n) is 8.11. The molecule has 0 aliphatic heterocycles. The van der Waals surface area contributed by atoms with Crippen molar-refractivity contribution in [3.8, 4) is 11.5 Å². The number of aromatic nitrogens is 3. The third kappa shape index (κ3) is 4.18. The number of hydrogen-bond donors (Lipinski definition) is 2. The van der Waals surface area contributed by atoms with Gasteiger partial charge in [-0.25, -0.2) is 0 Å². The van der Waals surface area contributed by atoms with Crippen LogP contribution >= 0.6 is 0 Å². The van der Waals surface area contributed by atoms with E-state index in [1.165, 1.54) is 0 Å². The monoisotopic (exact) mass is 351 g/mol. The maximum absolute atomic E-state index is 5.37. The molecular formula is C19H21N5O2. The van der Waals surface area contributed by atoms with Crippen molar-refractivity contribution < 1.29 is 9.47 Å². The van der Waals surface area contributed by atoms with Crippen LogP contribution < -0.4 is 20.1 Å². The fourth-order valence-corrected chi connectivity index (χ4v) is 2.64. The lowest BCUT2D eigenvalue weighted by Gasteiger charge is -2.12. The van der Waals surface area contributed by atoms with E-state index in [9.17, 15) is 0 Å². The molecule has 0 radical (unpaired) electrons. The Bertz CT molecular complexity index is 894. The Hall–Kier alpha value is -3.35. The molecule has 7 nitrogen and oxygen atoms in total. The number of nitrogens with one attached hydrogen (secondary N) is 2. The van der Waals surface area contributed by atoms with Gasteiger partial charge in [0.15, 0.2) is 5.82 Å². The van der Waals surface area contributed by atoms with Crippen molar-refractivity contribution >= 4 is 23.1 Å². The van der Waals surface area contributed by atoms with Crippen LogP contribution in [0.4, 0.5) is 23.1 Å². The van der Waals surface area contributed by atoms with Crippen molar-refractivity contribution in [2.45, 2.75) is 13.8 Å². The molecule has 3 rings (SSSR count). The molecule has 0 aliphatic rings. The quantitative estimate of drug-likeness (QED) is 0.695. The van der Waals surface area contributed by atoms with Gasteiger partial charge in [-0.1, -0.05) is 6.07 Å². The summed E-state index contributed by atoms with van der Waals surface area (Å²) in [4.78, 5) is 4.46. The van der Waals surface area contributed by atoms with Gasteiger partial charge in [0, 0.05) is 11.8 Å². The van der Waals surface area contributed by atoms with Gasteiger partial charge in [-0.2, -0.15) is 10.1 Å². The molecule has 7 heteroatoms. The lowest BCUT2D eigenvalue weighted by atomic mass is 10.1. The second kappa shape index (κ2) is 7.69. The molecule has 0 unspecified atom stereocenters. The minimum atomic E-state index is 0.405. The Balaban J connectivity index is 1.83. The zero-order valence-electron chi connectivity index (χ0n) is 15.2. The molecule has 0 bridgehead atoms. The summed E-state index contributed by atoms with van der Waals surface area (Å²) >= 11 is 0. The molecule has 0 spiro atoms. The summed E-state index contributed by atoms with van der Waals surface area (Å²) in [6, 6.07) is 11.7. The number of methoxy groups -OCH3 is 2. The van der Waals surface area contributed by atoms with Crippen LogP contribution in [0.25, 0.3) is 0 Å². The topological polar surface area (TPSA) is 81.2 Å². The number of benzene rings is 2. The number of nitrogens with zero attached hydrogens (tertiary/aromatic N) is 3. The van der Waals surface area contributed by atoms with E-state index in [2.05, 4.69) is 31.9 Å². The number of aryl methyl sites for hydroxylation is 2. The first-order chi connectivity index (χ1) is 12.6. The van der Waals surface area contributed by atoms with Crippen molar-refractivity contribution in [1.82, 2.24) is 15.2 Å². The van der Waals surface area contributed by atoms with Gasteiger partial charge in [0.05, 0.1) is 26.1 Å². The summed E-state index contributed by atoms with van der Waals surface area (Å²) in [5.41, 5.74) is 3.97. The minimum Gasteiger partial charge on any atom is -0.497 e. The first kappa shape index (κ1) is 17.5. The zero-order valence-corrected chi connectivity index (χ0v) is 15.2. The van der Waals surface area contributed by atoms with Gasteiger partial charge in [-0.05, 0) is 49.2 Å². The summed E-state index contributed by atoms with van der Waals surface area (Å²) in [6.45, 7) is 4.09. The highest BCUT2D eigenvalue weighted by atomic mass is 16.5. The van der Waals surface area contributed by atoms with Crippen molar-refractivity contribution in [2.24, 2.45) is 0 Å². The predicted molar refractivity (Wildman–Crippen MR) is 102 cm³/mol. The molecule has 26 heavy (non-hydrogen) atoms. The molecule has 0 saturated heterocycles. The van der Waals surface area contributed by atoms with Gasteiger partial charge >= 0.3 is 0 Å². The van der Waals surface area contributed by atoms with Crippen LogP contribution in [-0.2, 0) is 0 Å². The van der Waals surface area contributed by atoms with Crippen molar-refractivity contribution in [3.05, 3.63) is 53.7 Å². The molecule has 1 heterocycles. The highest BCUT2D eigenvalue weighted by Crippen LogP contribution is 2.31. The molecule has 1 aromatic heterocycles. The SMILES string of the molecule is COc1ccc(OC)c(Nc2cnnc(Nc3cc(C)cc(C)c3)n2)c1. The van der Waals surface area contributed by atoms with E-state index in [4.69, 9.17) is 9.47 Å². The Morgan fingerprint density at radius 2 is 1.65 bits per heavy atom. The molecule has 0 saturated carbocycles. The fourth-order valence-electron chi connectivity index (χ4n) is 2.64. The Morgan fingerprint density at radius 3 is 2.35 bits per heavy atom. The maximum Gasteiger partial charge on any atom is 0.249 e. The van der Waals surface area contributed by atoms with E-state index in [1.54, 1.807) is 20.4 Å². The molecule has 0 atom stereocenters. The van der Waals surface area contributed by atoms with E-state index >= 15 is 0 Å². The number of ether oxygens (including phenoxy) is 2. The standard InChI is InChI=1S/C19H21N5O2/c1-12-7-13(2)9-14(8-12)21-19-23-18(11-20-24-19)22-16-10-15(25-3)5-6-17(16)26-4/h5-11H,1-4H3,(H2,21,22,23,24). The van der Waals surface area contributed by atoms with E-state index < -0.39 is 0 Å². The smallest absolute Gasteiger partial charge is 0.249 e. The molecule has 0 amide bonds. The number of rotatable bonds is 6. The lowest BCUT2D eigenvalue weighted by molar-refractivity contribution is 0.405. The first-order valence-corrected chi connectivity index (χ1v) is 8.11. The van der Waals surface area contributed by atoms with Gasteiger partial charge in [-0.15, -0.1) is 5.10 Å². The van der Waals surface area contributed by atoms with E-state index in [0.717, 1.165) is 22.5 Å². The molecule has 2 aromatic carbocycles. The molecule has 134 valence electrons. The molecule has 3 aromatic rings. The third-order valence-corrected chi connectivity index (χ3v) is 3.71. The predicted octanol–water partition coefficient (Wildman–Crippen LogP) is 3.99. The zero-order chi connectivity index (χ0) is 18.5. The van der Waals surface area contributed by atoms with Crippen LogP contribution in [0.15, 0.2) is 42.6 Å². The summed E-state index contributed by atoms with van der Waals surface area (Å²) < 4.78 is 10.6. The van der Waals surface area contributed by atoms with Crippen LogP contribution in [0, 0.1) is 13.8 Å². The van der Waals surface area contributed by atoms with Crippen LogP contribution in [-0.4, -0.2) is 29.4 Å². The highest BCUT2D eigenvalue weighted by molar-refractivity contribution is 5.66. The molecule has 0 aliphatic carbocycles. The van der Waals surface area contributed by atoms with Crippen LogP contribution in [0.3, 0.4) is 0 Å². The summed E-state index contributed by atoms with van der Waals surface area (Å²) in [5.74, 6) is 2.33. The van der Waals surface area contributed by atoms with Gasteiger partial charge in [0.1, 0.15) is 11.5 Å². The second-order valence-corrected chi connectivity index (χ2v) is 5.86. The van der Waals surface area contributed by atoms with Crippen molar-refractivity contribution in [3.63, 3.8) is 0 Å². The molecule has 2 N–H and O–H groups in total. The van der Waals surface area contributed by atoms with E-state index in [-0.39, 0.29) is 0 Å². The summed E-state index contributed by atoms with van der Waals surface area (Å²) in [6.07, 6.45) is 1.55. The van der Waals surface area contributed by atoms with Crippen LogP contribution in [0.2, 0.25) is 0 Å². The molecular weight excluding hydrogens is 330 g/mol. The summed E-state index contributed by atoms with van der Waals surface area (Å²) in [7, 11) is 3.22. The average molecular weight is 351 g/mol. The third-order valence-electron chi connectivity index (χ3n) is 3.71.